The number of anilines is 1. The zero-order chi connectivity index (χ0) is 13.7. The normalized spacial score (nSPS) is 10.0. The Morgan fingerprint density at radius 3 is 2.63 bits per heavy atom. The molecule has 19 heavy (non-hydrogen) atoms. The van der Waals surface area contributed by atoms with Crippen LogP contribution in [0.1, 0.15) is 16.1 Å². The molecule has 0 saturated carbocycles. The fraction of sp³-hybridized carbons (Fsp3) is 0.154. The predicted molar refractivity (Wildman–Crippen MR) is 76.9 cm³/mol. The van der Waals surface area contributed by atoms with Crippen LogP contribution >= 0.6 is 15.9 Å². The van der Waals surface area contributed by atoms with E-state index in [0.29, 0.717) is 18.1 Å². The number of nitrogens with zero attached hydrogens (tertiary/aromatic N) is 2. The maximum absolute atomic E-state index is 11.3. The molecule has 0 saturated heterocycles. The third-order valence-electron chi connectivity index (χ3n) is 2.54. The number of carbonyl (C=O) groups excluding carboxylic acids is 1. The van der Waals surface area contributed by atoms with Crippen molar-refractivity contribution in [3.05, 3.63) is 52.1 Å². The lowest BCUT2D eigenvalue weighted by molar-refractivity contribution is 0.0957. The van der Waals surface area contributed by atoms with E-state index < -0.39 is 0 Å². The van der Waals surface area contributed by atoms with Crippen LogP contribution in [0.3, 0.4) is 0 Å². The SMILES string of the molecule is CNC(=O)c1ccc(NCc2ccccc2Br)nn1. The number of rotatable bonds is 4. The highest BCUT2D eigenvalue weighted by Crippen LogP contribution is 2.16. The molecule has 2 rings (SSSR count). The van der Waals surface area contributed by atoms with E-state index in [1.54, 1.807) is 19.2 Å². The first-order valence-electron chi connectivity index (χ1n) is 5.74. The van der Waals surface area contributed by atoms with E-state index in [9.17, 15) is 4.79 Å². The Labute approximate surface area is 119 Å². The molecular weight excluding hydrogens is 308 g/mol. The van der Waals surface area contributed by atoms with Crippen LogP contribution in [0, 0.1) is 0 Å². The zero-order valence-electron chi connectivity index (χ0n) is 10.4. The Hall–Kier alpha value is -1.95. The van der Waals surface area contributed by atoms with Gasteiger partial charge in [0.1, 0.15) is 5.82 Å². The maximum Gasteiger partial charge on any atom is 0.271 e. The molecule has 1 aromatic heterocycles. The third-order valence-corrected chi connectivity index (χ3v) is 3.32. The van der Waals surface area contributed by atoms with Crippen LogP contribution in [0.25, 0.3) is 0 Å². The Bertz CT molecular complexity index is 571. The summed E-state index contributed by atoms with van der Waals surface area (Å²) in [6, 6.07) is 11.3. The van der Waals surface area contributed by atoms with E-state index in [4.69, 9.17) is 0 Å². The highest BCUT2D eigenvalue weighted by Gasteiger charge is 2.05. The number of halogens is 1. The van der Waals surface area contributed by atoms with Crippen molar-refractivity contribution in [1.82, 2.24) is 15.5 Å². The topological polar surface area (TPSA) is 66.9 Å². The van der Waals surface area contributed by atoms with Crippen molar-refractivity contribution in [2.75, 3.05) is 12.4 Å². The van der Waals surface area contributed by atoms with Crippen molar-refractivity contribution in [2.24, 2.45) is 0 Å². The van der Waals surface area contributed by atoms with Gasteiger partial charge in [0.2, 0.25) is 0 Å². The van der Waals surface area contributed by atoms with Gasteiger partial charge in [-0.3, -0.25) is 4.79 Å². The highest BCUT2D eigenvalue weighted by atomic mass is 79.9. The molecule has 0 radical (unpaired) electrons. The van der Waals surface area contributed by atoms with Gasteiger partial charge in [0.05, 0.1) is 0 Å². The van der Waals surface area contributed by atoms with Crippen LogP contribution in [-0.2, 0) is 6.54 Å². The number of aromatic nitrogens is 2. The summed E-state index contributed by atoms with van der Waals surface area (Å²) in [6.45, 7) is 0.634. The van der Waals surface area contributed by atoms with E-state index in [0.717, 1.165) is 10.0 Å². The van der Waals surface area contributed by atoms with E-state index in [1.807, 2.05) is 24.3 Å². The number of nitrogens with one attached hydrogen (secondary N) is 2. The van der Waals surface area contributed by atoms with E-state index in [2.05, 4.69) is 36.8 Å². The maximum atomic E-state index is 11.3. The number of carbonyl (C=O) groups is 1. The lowest BCUT2D eigenvalue weighted by Gasteiger charge is -2.07. The summed E-state index contributed by atoms with van der Waals surface area (Å²) in [7, 11) is 1.56. The Balaban J connectivity index is 2.01. The van der Waals surface area contributed by atoms with Gasteiger partial charge in [-0.25, -0.2) is 0 Å². The fourth-order valence-corrected chi connectivity index (χ4v) is 1.93. The molecule has 5 nitrogen and oxygen atoms in total. The van der Waals surface area contributed by atoms with E-state index >= 15 is 0 Å². The van der Waals surface area contributed by atoms with Crippen LogP contribution in [0.2, 0.25) is 0 Å². The average molecular weight is 321 g/mol. The molecule has 0 unspecified atom stereocenters. The summed E-state index contributed by atoms with van der Waals surface area (Å²) >= 11 is 3.48. The summed E-state index contributed by atoms with van der Waals surface area (Å²) in [5, 5.41) is 13.5. The monoisotopic (exact) mass is 320 g/mol. The minimum atomic E-state index is -0.246. The number of amides is 1. The molecule has 6 heteroatoms. The van der Waals surface area contributed by atoms with Crippen molar-refractivity contribution < 1.29 is 4.79 Å². The molecule has 2 aromatic rings. The second-order valence-electron chi connectivity index (χ2n) is 3.83. The van der Waals surface area contributed by atoms with Gasteiger partial charge in [-0.2, -0.15) is 0 Å². The minimum absolute atomic E-state index is 0.246. The second kappa shape index (κ2) is 6.29. The van der Waals surface area contributed by atoms with Gasteiger partial charge in [0.25, 0.3) is 5.91 Å². The summed E-state index contributed by atoms with van der Waals surface area (Å²) < 4.78 is 1.04. The van der Waals surface area contributed by atoms with Gasteiger partial charge in [0.15, 0.2) is 5.69 Å². The molecule has 0 aliphatic heterocycles. The molecule has 1 aromatic carbocycles. The number of benzene rings is 1. The van der Waals surface area contributed by atoms with Gasteiger partial charge in [-0.05, 0) is 23.8 Å². The molecule has 0 bridgehead atoms. The van der Waals surface area contributed by atoms with Crippen molar-refractivity contribution in [1.29, 1.82) is 0 Å². The molecule has 0 spiro atoms. The van der Waals surface area contributed by atoms with Gasteiger partial charge < -0.3 is 10.6 Å². The highest BCUT2D eigenvalue weighted by molar-refractivity contribution is 9.10. The molecule has 0 atom stereocenters. The van der Waals surface area contributed by atoms with Crippen LogP contribution in [0.15, 0.2) is 40.9 Å². The van der Waals surface area contributed by atoms with Gasteiger partial charge in [-0.15, -0.1) is 10.2 Å². The standard InChI is InChI=1S/C13H13BrN4O/c1-15-13(19)11-6-7-12(18-17-11)16-8-9-4-2-3-5-10(9)14/h2-7H,8H2,1H3,(H,15,19)(H,16,18). The average Bonchev–Trinajstić information content (AvgIpc) is 2.46. The van der Waals surface area contributed by atoms with Crippen molar-refractivity contribution in [3.63, 3.8) is 0 Å². The Morgan fingerprint density at radius 1 is 1.21 bits per heavy atom. The number of hydrogen-bond donors (Lipinski definition) is 2. The summed E-state index contributed by atoms with van der Waals surface area (Å²) in [4.78, 5) is 11.3. The lowest BCUT2D eigenvalue weighted by atomic mass is 10.2. The Kier molecular flexibility index (Phi) is 4.46. The molecule has 0 fully saturated rings. The number of hydrogen-bond acceptors (Lipinski definition) is 4. The van der Waals surface area contributed by atoms with Crippen LogP contribution < -0.4 is 10.6 Å². The first-order valence-corrected chi connectivity index (χ1v) is 6.53. The molecule has 1 amide bonds. The van der Waals surface area contributed by atoms with Crippen molar-refractivity contribution in [3.8, 4) is 0 Å². The van der Waals surface area contributed by atoms with E-state index in [-0.39, 0.29) is 5.91 Å². The smallest absolute Gasteiger partial charge is 0.271 e. The largest absolute Gasteiger partial charge is 0.364 e. The van der Waals surface area contributed by atoms with Crippen LogP contribution in [0.5, 0.6) is 0 Å². The van der Waals surface area contributed by atoms with Gasteiger partial charge in [0, 0.05) is 18.1 Å². The Morgan fingerprint density at radius 2 is 2.00 bits per heavy atom. The second-order valence-corrected chi connectivity index (χ2v) is 4.68. The van der Waals surface area contributed by atoms with E-state index in [1.165, 1.54) is 0 Å². The zero-order valence-corrected chi connectivity index (χ0v) is 11.9. The van der Waals surface area contributed by atoms with Gasteiger partial charge >= 0.3 is 0 Å². The minimum Gasteiger partial charge on any atom is -0.364 e. The van der Waals surface area contributed by atoms with Crippen LogP contribution in [0.4, 0.5) is 5.82 Å². The third kappa shape index (κ3) is 3.51. The molecule has 98 valence electrons. The summed E-state index contributed by atoms with van der Waals surface area (Å²) in [5.74, 6) is 0.383. The lowest BCUT2D eigenvalue weighted by Crippen LogP contribution is -2.19. The van der Waals surface area contributed by atoms with Gasteiger partial charge in [-0.1, -0.05) is 34.1 Å². The fourth-order valence-electron chi connectivity index (χ4n) is 1.50. The van der Waals surface area contributed by atoms with Crippen molar-refractivity contribution >= 4 is 27.7 Å². The molecular formula is C13H13BrN4O. The molecule has 0 aliphatic carbocycles. The summed E-state index contributed by atoms with van der Waals surface area (Å²) in [5.41, 5.74) is 1.42. The van der Waals surface area contributed by atoms with Crippen LogP contribution in [-0.4, -0.2) is 23.2 Å². The first-order chi connectivity index (χ1) is 9.20. The summed E-state index contributed by atoms with van der Waals surface area (Å²) in [6.07, 6.45) is 0. The van der Waals surface area contributed by atoms with Crippen molar-refractivity contribution in [2.45, 2.75) is 6.54 Å². The first kappa shape index (κ1) is 13.5. The molecule has 0 aliphatic rings. The predicted octanol–water partition coefficient (Wildman–Crippen LogP) is 2.21. The quantitative estimate of drug-likeness (QED) is 0.906. The molecule has 1 heterocycles. The molecule has 2 N–H and O–H groups in total.